The molecule has 2 N–H and O–H groups in total. The molecular weight excluding hydrogens is 202 g/mol. The highest BCUT2D eigenvalue weighted by Crippen LogP contribution is 2.21. The maximum atomic E-state index is 11.7. The minimum atomic E-state index is -0.248. The van der Waals surface area contributed by atoms with Crippen LogP contribution in [0.3, 0.4) is 0 Å². The largest absolute Gasteiger partial charge is 0.506 e. The highest BCUT2D eigenvalue weighted by Gasteiger charge is 2.07. The summed E-state index contributed by atoms with van der Waals surface area (Å²) in [6, 6.07) is 16.2. The van der Waals surface area contributed by atoms with Crippen LogP contribution in [0.25, 0.3) is 0 Å². The van der Waals surface area contributed by atoms with Gasteiger partial charge in [-0.15, -0.1) is 0 Å². The van der Waals surface area contributed by atoms with E-state index >= 15 is 0 Å². The van der Waals surface area contributed by atoms with Crippen molar-refractivity contribution in [2.45, 2.75) is 0 Å². The molecule has 0 unspecified atom stereocenters. The van der Waals surface area contributed by atoms with E-state index < -0.39 is 0 Å². The zero-order chi connectivity index (χ0) is 11.4. The smallest absolute Gasteiger partial charge is 0.255 e. The third-order valence-corrected chi connectivity index (χ3v) is 2.13. The van der Waals surface area contributed by atoms with E-state index in [0.717, 1.165) is 0 Å². The predicted octanol–water partition coefficient (Wildman–Crippen LogP) is 2.44. The van der Waals surface area contributed by atoms with Crippen molar-refractivity contribution in [3.63, 3.8) is 0 Å². The number of hydrogen-bond acceptors (Lipinski definition) is 2. The Morgan fingerprint density at radius 2 is 1.94 bits per heavy atom. The number of anilines is 1. The molecule has 0 atom stereocenters. The van der Waals surface area contributed by atoms with Gasteiger partial charge in [-0.3, -0.25) is 4.79 Å². The highest BCUT2D eigenvalue weighted by molar-refractivity contribution is 6.04. The fourth-order valence-corrected chi connectivity index (χ4v) is 1.31. The lowest BCUT2D eigenvalue weighted by Crippen LogP contribution is -2.11. The Kier molecular flexibility index (Phi) is 2.87. The van der Waals surface area contributed by atoms with Crippen molar-refractivity contribution in [2.75, 3.05) is 5.32 Å². The highest BCUT2D eigenvalue weighted by atomic mass is 16.3. The molecule has 0 aliphatic rings. The number of rotatable bonds is 2. The Hall–Kier alpha value is -2.29. The summed E-state index contributed by atoms with van der Waals surface area (Å²) in [5.74, 6) is -0.242. The lowest BCUT2D eigenvalue weighted by atomic mass is 10.2. The van der Waals surface area contributed by atoms with E-state index in [1.54, 1.807) is 36.4 Å². The number of nitrogens with one attached hydrogen (secondary N) is 1. The van der Waals surface area contributed by atoms with Crippen molar-refractivity contribution in [2.24, 2.45) is 0 Å². The van der Waals surface area contributed by atoms with Gasteiger partial charge in [-0.2, -0.15) is 0 Å². The van der Waals surface area contributed by atoms with Crippen LogP contribution in [0.2, 0.25) is 0 Å². The lowest BCUT2D eigenvalue weighted by Gasteiger charge is -2.06. The summed E-state index contributed by atoms with van der Waals surface area (Å²) in [6.45, 7) is 0. The zero-order valence-electron chi connectivity index (χ0n) is 8.47. The number of phenolic OH excluding ortho intramolecular Hbond substituents is 1. The molecule has 2 aromatic carbocycles. The van der Waals surface area contributed by atoms with Gasteiger partial charge in [0.2, 0.25) is 0 Å². The number of carbonyl (C=O) groups excluding carboxylic acids is 1. The lowest BCUT2D eigenvalue weighted by molar-refractivity contribution is 0.102. The summed E-state index contributed by atoms with van der Waals surface area (Å²) < 4.78 is 0. The topological polar surface area (TPSA) is 49.3 Å². The summed E-state index contributed by atoms with van der Waals surface area (Å²) in [4.78, 5) is 11.7. The van der Waals surface area contributed by atoms with Crippen molar-refractivity contribution in [3.05, 3.63) is 60.2 Å². The third kappa shape index (κ3) is 2.20. The predicted molar refractivity (Wildman–Crippen MR) is 61.3 cm³/mol. The second-order valence-corrected chi connectivity index (χ2v) is 3.26. The minimum absolute atomic E-state index is 0.00628. The maximum absolute atomic E-state index is 11.7. The molecule has 0 aliphatic carbocycles. The molecule has 1 amide bonds. The molecule has 0 heterocycles. The summed E-state index contributed by atoms with van der Waals surface area (Å²) in [7, 11) is 0. The van der Waals surface area contributed by atoms with Crippen molar-refractivity contribution in [3.8, 4) is 5.75 Å². The van der Waals surface area contributed by atoms with Crippen molar-refractivity contribution >= 4 is 11.6 Å². The normalized spacial score (nSPS) is 9.75. The van der Waals surface area contributed by atoms with E-state index in [1.807, 2.05) is 6.07 Å². The van der Waals surface area contributed by atoms with E-state index in [0.29, 0.717) is 11.3 Å². The first-order chi connectivity index (χ1) is 7.77. The summed E-state index contributed by atoms with van der Waals surface area (Å²) in [6.07, 6.45) is 0. The number of amides is 1. The number of hydrogen-bond donors (Lipinski definition) is 2. The quantitative estimate of drug-likeness (QED) is 0.751. The van der Waals surface area contributed by atoms with E-state index in [1.165, 1.54) is 6.07 Å². The van der Waals surface area contributed by atoms with Gasteiger partial charge in [0.15, 0.2) is 0 Å². The van der Waals surface area contributed by atoms with E-state index in [-0.39, 0.29) is 11.7 Å². The van der Waals surface area contributed by atoms with Gasteiger partial charge < -0.3 is 10.4 Å². The minimum Gasteiger partial charge on any atom is -0.506 e. The zero-order valence-corrected chi connectivity index (χ0v) is 8.47. The van der Waals surface area contributed by atoms with Crippen LogP contribution in [0.4, 0.5) is 5.69 Å². The fraction of sp³-hybridized carbons (Fsp3) is 0. The molecule has 0 saturated carbocycles. The second kappa shape index (κ2) is 4.49. The van der Waals surface area contributed by atoms with Gasteiger partial charge in [0, 0.05) is 5.56 Å². The van der Waals surface area contributed by atoms with Crippen LogP contribution in [0.1, 0.15) is 10.4 Å². The van der Waals surface area contributed by atoms with E-state index in [2.05, 4.69) is 11.4 Å². The first-order valence-electron chi connectivity index (χ1n) is 4.83. The van der Waals surface area contributed by atoms with Gasteiger partial charge in [-0.25, -0.2) is 0 Å². The van der Waals surface area contributed by atoms with E-state index in [4.69, 9.17) is 0 Å². The monoisotopic (exact) mass is 212 g/mol. The Morgan fingerprint density at radius 3 is 2.62 bits per heavy atom. The van der Waals surface area contributed by atoms with E-state index in [9.17, 15) is 9.90 Å². The fourth-order valence-electron chi connectivity index (χ4n) is 1.31. The first-order valence-corrected chi connectivity index (χ1v) is 4.83. The van der Waals surface area contributed by atoms with Gasteiger partial charge in [0.1, 0.15) is 5.75 Å². The molecule has 79 valence electrons. The molecule has 2 aromatic rings. The van der Waals surface area contributed by atoms with Crippen LogP contribution in [-0.2, 0) is 0 Å². The average Bonchev–Trinajstić information content (AvgIpc) is 2.33. The molecular formula is C13H10NO2. The molecule has 1 radical (unpaired) electrons. The molecule has 0 fully saturated rings. The Bertz CT molecular complexity index is 494. The Balaban J connectivity index is 2.18. The Morgan fingerprint density at radius 1 is 1.19 bits per heavy atom. The SMILES string of the molecule is O=C(Nc1cc[c]cc1O)c1ccccc1. The van der Waals surface area contributed by atoms with Crippen LogP contribution in [0.5, 0.6) is 5.75 Å². The van der Waals surface area contributed by atoms with Gasteiger partial charge in [0.05, 0.1) is 5.69 Å². The summed E-state index contributed by atoms with van der Waals surface area (Å²) in [5, 5.41) is 12.1. The third-order valence-electron chi connectivity index (χ3n) is 2.13. The summed E-state index contributed by atoms with van der Waals surface area (Å²) >= 11 is 0. The molecule has 2 rings (SSSR count). The number of aromatic hydroxyl groups is 1. The van der Waals surface area contributed by atoms with Crippen LogP contribution in [0.15, 0.2) is 48.5 Å². The van der Waals surface area contributed by atoms with Crippen LogP contribution >= 0.6 is 0 Å². The molecule has 3 heteroatoms. The van der Waals surface area contributed by atoms with Gasteiger partial charge >= 0.3 is 0 Å². The molecule has 0 saturated heterocycles. The second-order valence-electron chi connectivity index (χ2n) is 3.26. The molecule has 0 aromatic heterocycles. The molecule has 0 spiro atoms. The molecule has 0 aliphatic heterocycles. The average molecular weight is 212 g/mol. The van der Waals surface area contributed by atoms with Gasteiger partial charge in [0.25, 0.3) is 5.91 Å². The molecule has 3 nitrogen and oxygen atoms in total. The van der Waals surface area contributed by atoms with Crippen LogP contribution < -0.4 is 5.32 Å². The first kappa shape index (κ1) is 10.2. The van der Waals surface area contributed by atoms with Gasteiger partial charge in [-0.05, 0) is 30.3 Å². The van der Waals surface area contributed by atoms with Crippen molar-refractivity contribution < 1.29 is 9.90 Å². The molecule has 16 heavy (non-hydrogen) atoms. The van der Waals surface area contributed by atoms with Crippen molar-refractivity contribution in [1.29, 1.82) is 0 Å². The maximum Gasteiger partial charge on any atom is 0.255 e. The number of phenols is 1. The van der Waals surface area contributed by atoms with Crippen molar-refractivity contribution in [1.82, 2.24) is 0 Å². The molecule has 0 bridgehead atoms. The van der Waals surface area contributed by atoms with Crippen LogP contribution in [0, 0.1) is 6.07 Å². The summed E-state index contributed by atoms with van der Waals surface area (Å²) in [5.41, 5.74) is 0.933. The number of carbonyl (C=O) groups is 1. The van der Waals surface area contributed by atoms with Gasteiger partial charge in [-0.1, -0.05) is 24.3 Å². The van der Waals surface area contributed by atoms with Crippen LogP contribution in [-0.4, -0.2) is 11.0 Å². The Labute approximate surface area is 93.4 Å². The standard InChI is InChI=1S/C13H10NO2/c15-12-9-5-4-8-11(12)14-13(16)10-6-2-1-3-7-10/h1-4,6-9,15H,(H,14,16). The number of benzene rings is 2.